The van der Waals surface area contributed by atoms with E-state index in [0.717, 1.165) is 0 Å². The zero-order valence-corrected chi connectivity index (χ0v) is 11.8. The quantitative estimate of drug-likeness (QED) is 0.652. The van der Waals surface area contributed by atoms with E-state index in [1.54, 1.807) is 6.07 Å². The third-order valence-corrected chi connectivity index (χ3v) is 4.54. The molecule has 1 fully saturated rings. The number of aromatic nitrogens is 1. The van der Waals surface area contributed by atoms with Gasteiger partial charge in [-0.15, -0.1) is 0 Å². The average Bonchev–Trinajstić information content (AvgIpc) is 2.39. The predicted octanol–water partition coefficient (Wildman–Crippen LogP) is 0.826. The summed E-state index contributed by atoms with van der Waals surface area (Å²) in [5.74, 6) is 0.563. The first-order valence-corrected chi connectivity index (χ1v) is 8.03. The smallest absolute Gasteiger partial charge is 0.287 e. The zero-order chi connectivity index (χ0) is 14.8. The van der Waals surface area contributed by atoms with E-state index in [9.17, 15) is 18.5 Å². The maximum absolute atomic E-state index is 11.4. The van der Waals surface area contributed by atoms with E-state index >= 15 is 0 Å². The lowest BCUT2D eigenvalue weighted by molar-refractivity contribution is -0.385. The summed E-state index contributed by atoms with van der Waals surface area (Å²) in [5.41, 5.74) is -0.0533. The van der Waals surface area contributed by atoms with Gasteiger partial charge in [-0.05, 0) is 18.9 Å². The van der Waals surface area contributed by atoms with Gasteiger partial charge in [0.1, 0.15) is 12.0 Å². The molecule has 1 N–H and O–H groups in total. The van der Waals surface area contributed by atoms with Crippen molar-refractivity contribution in [2.45, 2.75) is 18.9 Å². The first kappa shape index (κ1) is 14.7. The Labute approximate surface area is 117 Å². The number of piperidine rings is 1. The first-order valence-electron chi connectivity index (χ1n) is 6.18. The van der Waals surface area contributed by atoms with Crippen LogP contribution in [0.1, 0.15) is 12.8 Å². The summed E-state index contributed by atoms with van der Waals surface area (Å²) in [4.78, 5) is 14.0. The second-order valence-corrected chi connectivity index (χ2v) is 6.72. The monoisotopic (exact) mass is 300 g/mol. The highest BCUT2D eigenvalue weighted by atomic mass is 32.2. The van der Waals surface area contributed by atoms with Gasteiger partial charge in [0.05, 0.1) is 11.2 Å². The van der Waals surface area contributed by atoms with Crippen molar-refractivity contribution < 1.29 is 13.3 Å². The molecule has 0 atom stereocenters. The summed E-state index contributed by atoms with van der Waals surface area (Å²) in [6.45, 7) is 0.951. The lowest BCUT2D eigenvalue weighted by atomic mass is 10.1. The van der Waals surface area contributed by atoms with Crippen LogP contribution in [0.3, 0.4) is 0 Å². The molecule has 1 saturated heterocycles. The van der Waals surface area contributed by atoms with E-state index in [1.807, 2.05) is 0 Å². The highest BCUT2D eigenvalue weighted by Crippen LogP contribution is 2.18. The van der Waals surface area contributed by atoms with Crippen molar-refractivity contribution >= 4 is 21.5 Å². The van der Waals surface area contributed by atoms with Crippen molar-refractivity contribution in [1.82, 2.24) is 9.29 Å². The van der Waals surface area contributed by atoms with Crippen LogP contribution in [0.4, 0.5) is 11.5 Å². The molecule has 0 bridgehead atoms. The van der Waals surface area contributed by atoms with Crippen molar-refractivity contribution in [3.8, 4) is 0 Å². The molecule has 1 aliphatic rings. The van der Waals surface area contributed by atoms with Gasteiger partial charge in [-0.25, -0.2) is 17.7 Å². The van der Waals surface area contributed by atoms with Crippen molar-refractivity contribution in [2.24, 2.45) is 0 Å². The average molecular weight is 300 g/mol. The lowest BCUT2D eigenvalue weighted by Gasteiger charge is -2.30. The number of nitrogens with zero attached hydrogens (tertiary/aromatic N) is 3. The van der Waals surface area contributed by atoms with E-state index in [2.05, 4.69) is 10.3 Å². The van der Waals surface area contributed by atoms with Crippen LogP contribution in [0.25, 0.3) is 0 Å². The van der Waals surface area contributed by atoms with Crippen LogP contribution in [0, 0.1) is 10.1 Å². The Bertz CT molecular complexity index is 579. The summed E-state index contributed by atoms with van der Waals surface area (Å²) >= 11 is 0. The van der Waals surface area contributed by atoms with Crippen LogP contribution in [0.2, 0.25) is 0 Å². The second kappa shape index (κ2) is 5.71. The van der Waals surface area contributed by atoms with Gasteiger partial charge in [0.15, 0.2) is 0 Å². The highest BCUT2D eigenvalue weighted by molar-refractivity contribution is 7.88. The first-order chi connectivity index (χ1) is 9.36. The Morgan fingerprint density at radius 3 is 2.50 bits per heavy atom. The molecule has 0 spiro atoms. The molecule has 20 heavy (non-hydrogen) atoms. The number of sulfonamides is 1. The molecule has 1 aromatic heterocycles. The molecule has 1 aliphatic heterocycles. The largest absolute Gasteiger partial charge is 0.367 e. The Hall–Kier alpha value is -1.74. The maximum Gasteiger partial charge on any atom is 0.287 e. The SMILES string of the molecule is CS(=O)(=O)N1CCC(Nc2ccc([N+](=O)[O-])cn2)CC1. The summed E-state index contributed by atoms with van der Waals surface area (Å²) in [6, 6.07) is 3.07. The molecule has 9 heteroatoms. The molecule has 0 radical (unpaired) electrons. The Morgan fingerprint density at radius 1 is 1.40 bits per heavy atom. The van der Waals surface area contributed by atoms with Gasteiger partial charge in [0, 0.05) is 25.2 Å². The van der Waals surface area contributed by atoms with Crippen LogP contribution >= 0.6 is 0 Å². The Balaban J connectivity index is 1.91. The molecule has 0 aliphatic carbocycles. The van der Waals surface area contributed by atoms with E-state index in [1.165, 1.54) is 22.8 Å². The van der Waals surface area contributed by atoms with E-state index in [0.29, 0.717) is 31.7 Å². The number of hydrogen-bond donors (Lipinski definition) is 1. The molecule has 8 nitrogen and oxygen atoms in total. The molecule has 0 unspecified atom stereocenters. The molecule has 2 rings (SSSR count). The fraction of sp³-hybridized carbons (Fsp3) is 0.545. The summed E-state index contributed by atoms with van der Waals surface area (Å²) in [6.07, 6.45) is 3.78. The van der Waals surface area contributed by atoms with Gasteiger partial charge >= 0.3 is 0 Å². The third kappa shape index (κ3) is 3.64. The molecule has 2 heterocycles. The summed E-state index contributed by atoms with van der Waals surface area (Å²) < 4.78 is 24.2. The van der Waals surface area contributed by atoms with Crippen molar-refractivity contribution in [3.05, 3.63) is 28.4 Å². The van der Waals surface area contributed by atoms with Crippen molar-refractivity contribution in [1.29, 1.82) is 0 Å². The van der Waals surface area contributed by atoms with Gasteiger partial charge in [-0.1, -0.05) is 0 Å². The minimum atomic E-state index is -3.12. The van der Waals surface area contributed by atoms with Crippen LogP contribution in [0.15, 0.2) is 18.3 Å². The maximum atomic E-state index is 11.4. The topological polar surface area (TPSA) is 105 Å². The number of pyridine rings is 1. The third-order valence-electron chi connectivity index (χ3n) is 3.23. The number of nitrogens with one attached hydrogen (secondary N) is 1. The van der Waals surface area contributed by atoms with E-state index in [4.69, 9.17) is 0 Å². The Morgan fingerprint density at radius 2 is 2.05 bits per heavy atom. The molecule has 0 saturated carbocycles. The van der Waals surface area contributed by atoms with Gasteiger partial charge in [0.25, 0.3) is 5.69 Å². The molecular formula is C11H16N4O4S. The van der Waals surface area contributed by atoms with Gasteiger partial charge < -0.3 is 5.32 Å². The number of rotatable bonds is 4. The fourth-order valence-corrected chi connectivity index (χ4v) is 2.99. The van der Waals surface area contributed by atoms with Crippen LogP contribution in [-0.4, -0.2) is 48.0 Å². The Kier molecular flexibility index (Phi) is 4.19. The molecular weight excluding hydrogens is 284 g/mol. The predicted molar refractivity (Wildman–Crippen MR) is 74.0 cm³/mol. The number of anilines is 1. The standard InChI is InChI=1S/C11H16N4O4S/c1-20(18,19)14-6-4-9(5-7-14)13-11-3-2-10(8-12-11)15(16)17/h2-3,8-9H,4-7H2,1H3,(H,12,13). The molecule has 0 amide bonds. The van der Waals surface area contributed by atoms with Crippen molar-refractivity contribution in [2.75, 3.05) is 24.7 Å². The zero-order valence-electron chi connectivity index (χ0n) is 11.0. The van der Waals surface area contributed by atoms with Crippen molar-refractivity contribution in [3.63, 3.8) is 0 Å². The highest BCUT2D eigenvalue weighted by Gasteiger charge is 2.24. The summed E-state index contributed by atoms with van der Waals surface area (Å²) in [5, 5.41) is 13.7. The minimum Gasteiger partial charge on any atom is -0.367 e. The van der Waals surface area contributed by atoms with Crippen LogP contribution < -0.4 is 5.32 Å². The van der Waals surface area contributed by atoms with Gasteiger partial charge in [-0.2, -0.15) is 0 Å². The number of nitro groups is 1. The second-order valence-electron chi connectivity index (χ2n) is 4.74. The molecule has 0 aromatic carbocycles. The molecule has 110 valence electrons. The van der Waals surface area contributed by atoms with Crippen LogP contribution in [0.5, 0.6) is 0 Å². The van der Waals surface area contributed by atoms with E-state index < -0.39 is 14.9 Å². The fourth-order valence-electron chi connectivity index (χ4n) is 2.12. The van der Waals surface area contributed by atoms with E-state index in [-0.39, 0.29) is 11.7 Å². The van der Waals surface area contributed by atoms with Crippen LogP contribution in [-0.2, 0) is 10.0 Å². The summed E-state index contributed by atoms with van der Waals surface area (Å²) in [7, 11) is -3.12. The van der Waals surface area contributed by atoms with Gasteiger partial charge in [0.2, 0.25) is 10.0 Å². The number of hydrogen-bond acceptors (Lipinski definition) is 6. The normalized spacial score (nSPS) is 17.9. The molecule has 1 aromatic rings. The minimum absolute atomic E-state index is 0.0533. The lowest BCUT2D eigenvalue weighted by Crippen LogP contribution is -2.41. The van der Waals surface area contributed by atoms with Gasteiger partial charge in [-0.3, -0.25) is 10.1 Å².